The van der Waals surface area contributed by atoms with E-state index in [0.29, 0.717) is 28.4 Å². The number of hydrogen-bond donors (Lipinski definition) is 3. The molecule has 9 nitrogen and oxygen atoms in total. The van der Waals surface area contributed by atoms with Crippen molar-refractivity contribution in [3.8, 4) is 0 Å². The number of aliphatic hydroxyl groups is 1. The Morgan fingerprint density at radius 2 is 1.86 bits per heavy atom. The van der Waals surface area contributed by atoms with Crippen LogP contribution in [0.2, 0.25) is 5.02 Å². The van der Waals surface area contributed by atoms with Gasteiger partial charge in [0.1, 0.15) is 23.6 Å². The number of benzene rings is 1. The molecule has 3 N–H and O–H groups in total. The molecule has 0 saturated heterocycles. The normalized spacial score (nSPS) is 11.4. The molecule has 0 aliphatic carbocycles. The van der Waals surface area contributed by atoms with Gasteiger partial charge in [0.25, 0.3) is 11.5 Å². The predicted molar refractivity (Wildman–Crippen MR) is 137 cm³/mol. The molecule has 3 aromatic rings. The Bertz CT molecular complexity index is 1290. The number of amides is 2. The van der Waals surface area contributed by atoms with E-state index in [0.717, 1.165) is 5.56 Å². The smallest absolute Gasteiger partial charge is 0.265 e. The molecule has 3 rings (SSSR count). The fraction of sp³-hybridized carbons (Fsp3) is 0.360. The number of pyridine rings is 2. The fourth-order valence-corrected chi connectivity index (χ4v) is 3.74. The Hall–Kier alpha value is -3.43. The van der Waals surface area contributed by atoms with Gasteiger partial charge >= 0.3 is 0 Å². The molecule has 2 heterocycles. The summed E-state index contributed by atoms with van der Waals surface area (Å²) in [4.78, 5) is 45.3. The minimum Gasteiger partial charge on any atom is -0.396 e. The highest BCUT2D eigenvalue weighted by Gasteiger charge is 2.24. The van der Waals surface area contributed by atoms with Crippen LogP contribution in [0.5, 0.6) is 0 Å². The van der Waals surface area contributed by atoms with Crippen molar-refractivity contribution in [1.82, 2.24) is 19.8 Å². The molecule has 0 bridgehead atoms. The lowest BCUT2D eigenvalue weighted by Crippen LogP contribution is -2.41. The van der Waals surface area contributed by atoms with E-state index >= 15 is 0 Å². The number of aliphatic hydroxyl groups excluding tert-OH is 1. The minimum atomic E-state index is -0.616. The van der Waals surface area contributed by atoms with Crippen LogP contribution in [0.15, 0.2) is 47.3 Å². The highest BCUT2D eigenvalue weighted by atomic mass is 35.5. The van der Waals surface area contributed by atoms with Crippen LogP contribution >= 0.6 is 11.6 Å². The second-order valence-electron chi connectivity index (χ2n) is 9.19. The summed E-state index contributed by atoms with van der Waals surface area (Å²) in [5, 5.41) is 16.3. The summed E-state index contributed by atoms with van der Waals surface area (Å²) in [5.41, 5.74) is -0.0864. The first-order chi connectivity index (χ1) is 16.5. The van der Waals surface area contributed by atoms with Gasteiger partial charge < -0.3 is 20.6 Å². The zero-order chi connectivity index (χ0) is 25.8. The third-order valence-corrected chi connectivity index (χ3v) is 5.87. The summed E-state index contributed by atoms with van der Waals surface area (Å²) in [7, 11) is 3.31. The van der Waals surface area contributed by atoms with Crippen molar-refractivity contribution in [2.45, 2.75) is 26.9 Å². The number of hydrogen-bond acceptors (Lipinski definition) is 6. The van der Waals surface area contributed by atoms with E-state index < -0.39 is 16.9 Å². The molecule has 0 unspecified atom stereocenters. The Labute approximate surface area is 208 Å². The largest absolute Gasteiger partial charge is 0.396 e. The van der Waals surface area contributed by atoms with Crippen LogP contribution < -0.4 is 16.2 Å². The highest BCUT2D eigenvalue weighted by Crippen LogP contribution is 2.18. The van der Waals surface area contributed by atoms with Gasteiger partial charge in [-0.3, -0.25) is 19.0 Å². The Morgan fingerprint density at radius 3 is 2.49 bits per heavy atom. The fourth-order valence-electron chi connectivity index (χ4n) is 3.61. The molecule has 1 aromatic carbocycles. The van der Waals surface area contributed by atoms with Crippen LogP contribution in [0.1, 0.15) is 29.8 Å². The van der Waals surface area contributed by atoms with Crippen molar-refractivity contribution in [3.63, 3.8) is 0 Å². The van der Waals surface area contributed by atoms with Crippen LogP contribution in [0.4, 0.5) is 5.82 Å². The quantitative estimate of drug-likeness (QED) is 0.416. The molecular weight excluding hydrogens is 470 g/mol. The number of fused-ring (bicyclic) bond motifs is 1. The first kappa shape index (κ1) is 26.2. The Kier molecular flexibility index (Phi) is 8.14. The minimum absolute atomic E-state index is 0.0865. The van der Waals surface area contributed by atoms with Crippen LogP contribution in [-0.2, 0) is 17.9 Å². The van der Waals surface area contributed by atoms with Crippen LogP contribution in [0.3, 0.4) is 0 Å². The lowest BCUT2D eigenvalue weighted by atomic mass is 9.94. The third kappa shape index (κ3) is 6.37. The van der Waals surface area contributed by atoms with Crippen molar-refractivity contribution in [2.75, 3.05) is 32.6 Å². The number of likely N-dealkylation sites (N-methyl/N-ethyl adjacent to an activating group) is 1. The number of aromatic nitrogens is 2. The van der Waals surface area contributed by atoms with Gasteiger partial charge in [0, 0.05) is 49.6 Å². The monoisotopic (exact) mass is 499 g/mol. The van der Waals surface area contributed by atoms with Gasteiger partial charge in [0.2, 0.25) is 5.91 Å². The molecule has 10 heteroatoms. The van der Waals surface area contributed by atoms with Crippen molar-refractivity contribution >= 4 is 40.3 Å². The number of carbonyl (C=O) groups is 2. The Balaban J connectivity index is 1.96. The van der Waals surface area contributed by atoms with E-state index in [2.05, 4.69) is 15.6 Å². The molecule has 2 aromatic heterocycles. The predicted octanol–water partition coefficient (Wildman–Crippen LogP) is 2.50. The summed E-state index contributed by atoms with van der Waals surface area (Å²) >= 11 is 5.91. The van der Waals surface area contributed by atoms with E-state index in [9.17, 15) is 19.5 Å². The number of carbonyl (C=O) groups excluding carboxylic acids is 2. The molecule has 0 radical (unpaired) electrons. The molecule has 186 valence electrons. The van der Waals surface area contributed by atoms with E-state index in [1.807, 2.05) is 13.8 Å². The van der Waals surface area contributed by atoms with Crippen molar-refractivity contribution in [1.29, 1.82) is 0 Å². The van der Waals surface area contributed by atoms with Crippen molar-refractivity contribution in [3.05, 3.63) is 69.0 Å². The maximum atomic E-state index is 13.4. The molecule has 0 aliphatic rings. The molecular formula is C25H30ClN5O4. The average Bonchev–Trinajstić information content (AvgIpc) is 2.84. The van der Waals surface area contributed by atoms with E-state index in [-0.39, 0.29) is 31.2 Å². The molecule has 0 saturated carbocycles. The first-order valence-corrected chi connectivity index (χ1v) is 11.5. The van der Waals surface area contributed by atoms with Gasteiger partial charge in [-0.1, -0.05) is 37.6 Å². The summed E-state index contributed by atoms with van der Waals surface area (Å²) in [6.45, 7) is 3.79. The van der Waals surface area contributed by atoms with E-state index in [1.165, 1.54) is 15.5 Å². The molecule has 0 aliphatic heterocycles. The second kappa shape index (κ2) is 10.9. The lowest BCUT2D eigenvalue weighted by Gasteiger charge is -2.28. The van der Waals surface area contributed by atoms with Gasteiger partial charge in [-0.25, -0.2) is 4.98 Å². The van der Waals surface area contributed by atoms with Gasteiger partial charge in [0.05, 0.1) is 0 Å². The van der Waals surface area contributed by atoms with Gasteiger partial charge in [-0.2, -0.15) is 0 Å². The van der Waals surface area contributed by atoms with Crippen molar-refractivity contribution < 1.29 is 14.7 Å². The molecule has 0 fully saturated rings. The number of nitrogens with one attached hydrogen (secondary N) is 2. The van der Waals surface area contributed by atoms with E-state index in [4.69, 9.17) is 11.6 Å². The van der Waals surface area contributed by atoms with Crippen LogP contribution in [0.25, 0.3) is 11.0 Å². The summed E-state index contributed by atoms with van der Waals surface area (Å²) in [5.74, 6) is -0.376. The third-order valence-electron chi connectivity index (χ3n) is 5.62. The van der Waals surface area contributed by atoms with Gasteiger partial charge in [-0.05, 0) is 35.9 Å². The second-order valence-corrected chi connectivity index (χ2v) is 9.63. The van der Waals surface area contributed by atoms with Gasteiger partial charge in [0.15, 0.2) is 0 Å². The van der Waals surface area contributed by atoms with Gasteiger partial charge in [-0.15, -0.1) is 0 Å². The summed E-state index contributed by atoms with van der Waals surface area (Å²) in [6, 6.07) is 12.0. The average molecular weight is 500 g/mol. The lowest BCUT2D eigenvalue weighted by molar-refractivity contribution is -0.132. The summed E-state index contributed by atoms with van der Waals surface area (Å²) < 4.78 is 1.22. The zero-order valence-corrected chi connectivity index (χ0v) is 21.0. The number of halogens is 1. The first-order valence-electron chi connectivity index (χ1n) is 11.1. The van der Waals surface area contributed by atoms with Crippen molar-refractivity contribution in [2.24, 2.45) is 5.41 Å². The number of rotatable bonds is 9. The topological polar surface area (TPSA) is 117 Å². The Morgan fingerprint density at radius 1 is 1.17 bits per heavy atom. The SMILES string of the molecule is CNc1ccc2cc(C(=O)NCc3ccc(Cl)cc3)c(=O)n(CC(=O)N(C)CC(C)(C)CO)c2n1. The molecule has 2 amide bonds. The van der Waals surface area contributed by atoms with E-state index in [1.54, 1.807) is 50.5 Å². The number of nitrogens with zero attached hydrogens (tertiary/aromatic N) is 3. The number of anilines is 1. The highest BCUT2D eigenvalue weighted by molar-refractivity contribution is 6.30. The maximum Gasteiger partial charge on any atom is 0.265 e. The zero-order valence-electron chi connectivity index (χ0n) is 20.3. The van der Waals surface area contributed by atoms with Crippen LogP contribution in [0, 0.1) is 5.41 Å². The molecule has 0 atom stereocenters. The summed E-state index contributed by atoms with van der Waals surface area (Å²) in [6.07, 6.45) is 0. The maximum absolute atomic E-state index is 13.4. The van der Waals surface area contributed by atoms with Crippen LogP contribution in [-0.4, -0.2) is 58.6 Å². The molecule has 0 spiro atoms. The standard InChI is InChI=1S/C25H30ClN5O4/c1-25(2,15-32)14-30(4)21(33)13-31-22-17(7-10-20(27-3)29-22)11-19(24(31)35)23(34)28-12-16-5-8-18(26)9-6-16/h5-11,32H,12-15H2,1-4H3,(H,27,29)(H,28,34). The molecule has 35 heavy (non-hydrogen) atoms.